The van der Waals surface area contributed by atoms with Gasteiger partial charge in [-0.1, -0.05) is 0 Å². The van der Waals surface area contributed by atoms with E-state index >= 15 is 0 Å². The standard InChI is InChI=1S/C10H23P/c1-5-6-7-8-9-10-11(2,3)4/h9-11H,5-8H2,1-4H3/b10-9+. The first kappa shape index (κ1) is 11.2. The molecule has 0 aromatic rings. The summed E-state index contributed by atoms with van der Waals surface area (Å²) in [4.78, 5) is 0. The van der Waals surface area contributed by atoms with Crippen LogP contribution in [0.3, 0.4) is 0 Å². The molecule has 0 atom stereocenters. The van der Waals surface area contributed by atoms with Gasteiger partial charge in [0.25, 0.3) is 0 Å². The van der Waals surface area contributed by atoms with Crippen molar-refractivity contribution in [1.82, 2.24) is 0 Å². The van der Waals surface area contributed by atoms with Gasteiger partial charge in [-0.15, -0.1) is 0 Å². The molecule has 0 fully saturated rings. The molecule has 0 N–H and O–H groups in total. The average molecular weight is 174 g/mol. The van der Waals surface area contributed by atoms with Crippen molar-refractivity contribution in [3.05, 3.63) is 11.9 Å². The Balaban J connectivity index is 3.30. The maximum absolute atomic E-state index is 2.45. The molecule has 0 heterocycles. The van der Waals surface area contributed by atoms with Gasteiger partial charge in [-0.3, -0.25) is 0 Å². The summed E-state index contributed by atoms with van der Waals surface area (Å²) in [6.45, 7) is 9.39. The van der Waals surface area contributed by atoms with Crippen LogP contribution in [-0.4, -0.2) is 20.0 Å². The fraction of sp³-hybridized carbons (Fsp3) is 0.800. The Morgan fingerprint density at radius 1 is 1.09 bits per heavy atom. The van der Waals surface area contributed by atoms with Gasteiger partial charge in [-0.05, 0) is 0 Å². The normalized spacial score (nSPS) is 14.2. The van der Waals surface area contributed by atoms with E-state index in [9.17, 15) is 0 Å². The second-order valence-electron chi connectivity index (χ2n) is 4.26. The van der Waals surface area contributed by atoms with Crippen molar-refractivity contribution in [3.8, 4) is 0 Å². The van der Waals surface area contributed by atoms with Crippen LogP contribution in [0.4, 0.5) is 0 Å². The molecule has 1 heteroatoms. The van der Waals surface area contributed by atoms with Crippen molar-refractivity contribution < 1.29 is 0 Å². The summed E-state index contributed by atoms with van der Waals surface area (Å²) in [6, 6.07) is 0. The minimum atomic E-state index is -0.898. The van der Waals surface area contributed by atoms with Crippen LogP contribution in [0.25, 0.3) is 0 Å². The van der Waals surface area contributed by atoms with Crippen LogP contribution in [0.15, 0.2) is 11.9 Å². The molecule has 11 heavy (non-hydrogen) atoms. The van der Waals surface area contributed by atoms with Gasteiger partial charge < -0.3 is 0 Å². The Bertz CT molecular complexity index is 109. The summed E-state index contributed by atoms with van der Waals surface area (Å²) in [5.41, 5.74) is 0. The van der Waals surface area contributed by atoms with Crippen LogP contribution in [0.5, 0.6) is 0 Å². The topological polar surface area (TPSA) is 0 Å². The molecule has 0 saturated carbocycles. The molecule has 68 valence electrons. The van der Waals surface area contributed by atoms with Gasteiger partial charge in [0.05, 0.1) is 0 Å². The van der Waals surface area contributed by atoms with Crippen LogP contribution < -0.4 is 0 Å². The number of hydrogen-bond acceptors (Lipinski definition) is 0. The minimum absolute atomic E-state index is 0.898. The van der Waals surface area contributed by atoms with Crippen molar-refractivity contribution in [1.29, 1.82) is 0 Å². The van der Waals surface area contributed by atoms with Crippen LogP contribution in [0.1, 0.15) is 32.6 Å². The van der Waals surface area contributed by atoms with Gasteiger partial charge in [0.15, 0.2) is 0 Å². The van der Waals surface area contributed by atoms with Gasteiger partial charge in [0.2, 0.25) is 0 Å². The molecule has 0 aliphatic carbocycles. The maximum atomic E-state index is 2.45. The second-order valence-corrected chi connectivity index (χ2v) is 9.33. The van der Waals surface area contributed by atoms with Crippen molar-refractivity contribution in [2.75, 3.05) is 20.0 Å². The van der Waals surface area contributed by atoms with Crippen molar-refractivity contribution in [2.24, 2.45) is 0 Å². The van der Waals surface area contributed by atoms with E-state index in [-0.39, 0.29) is 0 Å². The Morgan fingerprint density at radius 3 is 2.18 bits per heavy atom. The summed E-state index contributed by atoms with van der Waals surface area (Å²) in [5.74, 6) is 2.45. The monoisotopic (exact) mass is 174 g/mol. The zero-order chi connectivity index (χ0) is 8.74. The molecule has 0 rings (SSSR count). The molecule has 0 radical (unpaired) electrons. The van der Waals surface area contributed by atoms with Gasteiger partial charge in [-0.2, -0.15) is 0 Å². The average Bonchev–Trinajstić information content (AvgIpc) is 1.85. The summed E-state index contributed by atoms with van der Waals surface area (Å²) in [6.07, 6.45) is 7.76. The Labute approximate surface area is 72.4 Å². The Kier molecular flexibility index (Phi) is 5.86. The van der Waals surface area contributed by atoms with E-state index in [1.54, 1.807) is 0 Å². The first-order chi connectivity index (χ1) is 5.06. The first-order valence-electron chi connectivity index (χ1n) is 4.74. The molecule has 0 unspecified atom stereocenters. The van der Waals surface area contributed by atoms with E-state index in [4.69, 9.17) is 0 Å². The predicted octanol–water partition coefficient (Wildman–Crippen LogP) is 3.72. The van der Waals surface area contributed by atoms with Crippen molar-refractivity contribution >= 4 is 7.26 Å². The third-order valence-electron chi connectivity index (χ3n) is 1.59. The van der Waals surface area contributed by atoms with Crippen LogP contribution in [0, 0.1) is 0 Å². The second kappa shape index (κ2) is 5.77. The molecule has 0 saturated heterocycles. The Hall–Kier alpha value is 0.170. The van der Waals surface area contributed by atoms with E-state index in [0.717, 1.165) is 0 Å². The molecular formula is C10H23P. The number of unbranched alkanes of at least 4 members (excludes halogenated alkanes) is 3. The fourth-order valence-corrected chi connectivity index (χ4v) is 1.82. The molecule has 0 spiro atoms. The summed E-state index contributed by atoms with van der Waals surface area (Å²) >= 11 is 0. The van der Waals surface area contributed by atoms with E-state index < -0.39 is 7.26 Å². The molecule has 0 aliphatic heterocycles. The van der Waals surface area contributed by atoms with Gasteiger partial charge in [0.1, 0.15) is 0 Å². The zero-order valence-electron chi connectivity index (χ0n) is 8.48. The zero-order valence-corrected chi connectivity index (χ0v) is 9.48. The summed E-state index contributed by atoms with van der Waals surface area (Å²) in [5, 5.41) is 0. The Morgan fingerprint density at radius 2 is 1.73 bits per heavy atom. The van der Waals surface area contributed by atoms with E-state index in [0.29, 0.717) is 0 Å². The van der Waals surface area contributed by atoms with E-state index in [1.807, 2.05) is 0 Å². The predicted molar refractivity (Wildman–Crippen MR) is 59.4 cm³/mol. The number of hydrogen-bond donors (Lipinski definition) is 0. The molecule has 0 nitrogen and oxygen atoms in total. The summed E-state index contributed by atoms with van der Waals surface area (Å²) in [7, 11) is -0.898. The molecule has 0 aliphatic rings. The molecule has 0 aromatic carbocycles. The van der Waals surface area contributed by atoms with Gasteiger partial charge >= 0.3 is 71.8 Å². The third kappa shape index (κ3) is 10.2. The number of rotatable bonds is 5. The van der Waals surface area contributed by atoms with Gasteiger partial charge in [-0.25, -0.2) is 0 Å². The van der Waals surface area contributed by atoms with E-state index in [2.05, 4.69) is 38.8 Å². The quantitative estimate of drug-likeness (QED) is 0.440. The first-order valence-corrected chi connectivity index (χ1v) is 8.31. The number of allylic oxidation sites excluding steroid dienone is 1. The third-order valence-corrected chi connectivity index (χ3v) is 2.83. The van der Waals surface area contributed by atoms with Crippen molar-refractivity contribution in [2.45, 2.75) is 32.6 Å². The molecule has 0 aromatic heterocycles. The van der Waals surface area contributed by atoms with Crippen LogP contribution in [-0.2, 0) is 0 Å². The fourth-order valence-electron chi connectivity index (χ4n) is 0.949. The molecule has 0 bridgehead atoms. The summed E-state index contributed by atoms with van der Waals surface area (Å²) < 4.78 is 0. The molecular weight excluding hydrogens is 151 g/mol. The van der Waals surface area contributed by atoms with Crippen LogP contribution in [0.2, 0.25) is 0 Å². The van der Waals surface area contributed by atoms with Crippen LogP contribution >= 0.6 is 7.26 Å². The van der Waals surface area contributed by atoms with Gasteiger partial charge in [0, 0.05) is 0 Å². The molecule has 0 amide bonds. The van der Waals surface area contributed by atoms with E-state index in [1.165, 1.54) is 25.7 Å². The SMILES string of the molecule is CCCCC/C=C/[PH](C)(C)C. The van der Waals surface area contributed by atoms with Crippen molar-refractivity contribution in [3.63, 3.8) is 0 Å².